The first-order valence-corrected chi connectivity index (χ1v) is 8.01. The zero-order chi connectivity index (χ0) is 15.2. The van der Waals surface area contributed by atoms with E-state index in [-0.39, 0.29) is 11.4 Å². The van der Waals surface area contributed by atoms with Crippen molar-refractivity contribution >= 4 is 15.7 Å². The van der Waals surface area contributed by atoms with Crippen LogP contribution in [-0.4, -0.2) is 33.9 Å². The summed E-state index contributed by atoms with van der Waals surface area (Å²) in [7, 11) is -2.19. The van der Waals surface area contributed by atoms with Crippen LogP contribution < -0.4 is 14.8 Å². The van der Waals surface area contributed by atoms with Gasteiger partial charge in [-0.1, -0.05) is 6.92 Å². The molecule has 0 heterocycles. The summed E-state index contributed by atoms with van der Waals surface area (Å²) in [5, 5.41) is 2.45. The normalized spacial score (nSPS) is 13.0. The highest BCUT2D eigenvalue weighted by molar-refractivity contribution is 7.93. The van der Waals surface area contributed by atoms with Gasteiger partial charge in [0.1, 0.15) is 11.6 Å². The molecule has 0 radical (unpaired) electrons. The fourth-order valence-electron chi connectivity index (χ4n) is 1.60. The van der Waals surface area contributed by atoms with Gasteiger partial charge in [0, 0.05) is 12.6 Å². The van der Waals surface area contributed by atoms with Crippen LogP contribution in [0.15, 0.2) is 18.2 Å². The molecule has 7 heteroatoms. The minimum atomic E-state index is -3.55. The number of anilines is 1. The summed E-state index contributed by atoms with van der Waals surface area (Å²) in [6.07, 6.45) is 0.936. The quantitative estimate of drug-likeness (QED) is 0.721. The Labute approximate surface area is 119 Å². The van der Waals surface area contributed by atoms with Crippen LogP contribution in [0, 0.1) is 5.82 Å². The molecule has 0 saturated carbocycles. The maximum Gasteiger partial charge on any atom is 0.236 e. The van der Waals surface area contributed by atoms with Gasteiger partial charge in [0.2, 0.25) is 10.0 Å². The molecule has 0 spiro atoms. The van der Waals surface area contributed by atoms with Crippen LogP contribution in [0.4, 0.5) is 10.1 Å². The molecule has 114 valence electrons. The Morgan fingerprint density at radius 3 is 2.70 bits per heavy atom. The molecular weight excluding hydrogens is 283 g/mol. The van der Waals surface area contributed by atoms with Gasteiger partial charge in [0.05, 0.1) is 18.0 Å². The highest BCUT2D eigenvalue weighted by Gasteiger charge is 2.21. The highest BCUT2D eigenvalue weighted by atomic mass is 32.2. The summed E-state index contributed by atoms with van der Waals surface area (Å²) >= 11 is 0. The zero-order valence-electron chi connectivity index (χ0n) is 11.9. The second-order valence-corrected chi connectivity index (χ2v) is 6.61. The van der Waals surface area contributed by atoms with Crippen LogP contribution >= 0.6 is 0 Å². The summed E-state index contributed by atoms with van der Waals surface area (Å²) < 4.78 is 44.8. The van der Waals surface area contributed by atoms with E-state index in [1.165, 1.54) is 19.2 Å². The van der Waals surface area contributed by atoms with Crippen LogP contribution in [0.5, 0.6) is 5.75 Å². The molecule has 0 amide bonds. The van der Waals surface area contributed by atoms with Crippen molar-refractivity contribution < 1.29 is 17.5 Å². The first-order valence-electron chi connectivity index (χ1n) is 6.46. The van der Waals surface area contributed by atoms with Gasteiger partial charge in [0.25, 0.3) is 0 Å². The van der Waals surface area contributed by atoms with E-state index in [1.54, 1.807) is 6.92 Å². The lowest BCUT2D eigenvalue weighted by Crippen LogP contribution is -2.35. The van der Waals surface area contributed by atoms with Crippen molar-refractivity contribution in [3.63, 3.8) is 0 Å². The van der Waals surface area contributed by atoms with Crippen LogP contribution in [0.2, 0.25) is 0 Å². The van der Waals surface area contributed by atoms with Crippen LogP contribution in [0.3, 0.4) is 0 Å². The fraction of sp³-hybridized carbons (Fsp3) is 0.538. The number of hydrogen-bond acceptors (Lipinski definition) is 4. The molecule has 5 nitrogen and oxygen atoms in total. The average molecular weight is 304 g/mol. The second kappa shape index (κ2) is 7.44. The van der Waals surface area contributed by atoms with Gasteiger partial charge < -0.3 is 10.1 Å². The van der Waals surface area contributed by atoms with E-state index < -0.39 is 21.1 Å². The Kier molecular flexibility index (Phi) is 6.22. The molecule has 1 unspecified atom stereocenters. The molecule has 1 atom stereocenters. The second-order valence-electron chi connectivity index (χ2n) is 4.51. The lowest BCUT2D eigenvalue weighted by atomic mass is 10.3. The van der Waals surface area contributed by atoms with Crippen LogP contribution in [-0.2, 0) is 10.0 Å². The maximum absolute atomic E-state index is 13.1. The van der Waals surface area contributed by atoms with E-state index in [9.17, 15) is 12.8 Å². The summed E-state index contributed by atoms with van der Waals surface area (Å²) in [5.74, 6) is -0.329. The molecule has 0 bridgehead atoms. The third-order valence-corrected chi connectivity index (χ3v) is 4.53. The Bertz CT molecular complexity index is 534. The lowest BCUT2D eigenvalue weighted by molar-refractivity contribution is 0.413. The van der Waals surface area contributed by atoms with Gasteiger partial charge in [-0.2, -0.15) is 0 Å². The Morgan fingerprint density at radius 1 is 1.40 bits per heavy atom. The molecule has 0 aliphatic heterocycles. The van der Waals surface area contributed by atoms with E-state index in [4.69, 9.17) is 4.74 Å². The van der Waals surface area contributed by atoms with Gasteiger partial charge in [-0.3, -0.25) is 4.72 Å². The third kappa shape index (κ3) is 4.64. The molecule has 1 aromatic rings. The highest BCUT2D eigenvalue weighted by Crippen LogP contribution is 2.26. The molecule has 1 aromatic carbocycles. The first kappa shape index (κ1) is 16.7. The smallest absolute Gasteiger partial charge is 0.236 e. The van der Waals surface area contributed by atoms with Gasteiger partial charge in [-0.25, -0.2) is 12.8 Å². The van der Waals surface area contributed by atoms with Gasteiger partial charge in [-0.05, 0) is 32.0 Å². The monoisotopic (exact) mass is 304 g/mol. The first-order chi connectivity index (χ1) is 9.40. The van der Waals surface area contributed by atoms with E-state index in [2.05, 4.69) is 10.0 Å². The molecule has 0 saturated heterocycles. The van der Waals surface area contributed by atoms with Crippen molar-refractivity contribution in [3.05, 3.63) is 24.0 Å². The predicted molar refractivity (Wildman–Crippen MR) is 78.1 cm³/mol. The van der Waals surface area contributed by atoms with Crippen molar-refractivity contribution in [2.45, 2.75) is 25.5 Å². The predicted octanol–water partition coefficient (Wildman–Crippen LogP) is 1.96. The van der Waals surface area contributed by atoms with Crippen molar-refractivity contribution in [1.29, 1.82) is 0 Å². The Hall–Kier alpha value is -1.34. The molecule has 0 fully saturated rings. The SMILES string of the molecule is CCCNCC(C)S(=O)(=O)Nc1ccc(F)cc1OC. The summed E-state index contributed by atoms with van der Waals surface area (Å²) in [6.45, 7) is 4.74. The molecule has 1 rings (SSSR count). The summed E-state index contributed by atoms with van der Waals surface area (Å²) in [5.41, 5.74) is 0.233. The number of methoxy groups -OCH3 is 1. The molecule has 0 aliphatic carbocycles. The van der Waals surface area contributed by atoms with E-state index >= 15 is 0 Å². The summed E-state index contributed by atoms with van der Waals surface area (Å²) in [6, 6.07) is 3.66. The molecular formula is C13H21FN2O3S. The standard InChI is InChI=1S/C13H21FN2O3S/c1-4-7-15-9-10(2)20(17,18)16-12-6-5-11(14)8-13(12)19-3/h5-6,8,10,15-16H,4,7,9H2,1-3H3. The van der Waals surface area contributed by atoms with Crippen LogP contribution in [0.1, 0.15) is 20.3 Å². The Balaban J connectivity index is 2.80. The minimum Gasteiger partial charge on any atom is -0.494 e. The number of hydrogen-bond donors (Lipinski definition) is 2. The molecule has 0 aliphatic rings. The number of halogens is 1. The number of ether oxygens (including phenoxy) is 1. The third-order valence-electron chi connectivity index (χ3n) is 2.80. The average Bonchev–Trinajstić information content (AvgIpc) is 2.40. The van der Waals surface area contributed by atoms with Gasteiger partial charge >= 0.3 is 0 Å². The molecule has 0 aromatic heterocycles. The zero-order valence-corrected chi connectivity index (χ0v) is 12.8. The largest absolute Gasteiger partial charge is 0.494 e. The molecule has 2 N–H and O–H groups in total. The maximum atomic E-state index is 13.1. The van der Waals surface area contributed by atoms with Crippen molar-refractivity contribution in [2.24, 2.45) is 0 Å². The van der Waals surface area contributed by atoms with Crippen molar-refractivity contribution in [1.82, 2.24) is 5.32 Å². The van der Waals surface area contributed by atoms with E-state index in [0.29, 0.717) is 6.54 Å². The number of rotatable bonds is 8. The summed E-state index contributed by atoms with van der Waals surface area (Å²) in [4.78, 5) is 0. The van der Waals surface area contributed by atoms with E-state index in [0.717, 1.165) is 19.0 Å². The van der Waals surface area contributed by atoms with Gasteiger partial charge in [-0.15, -0.1) is 0 Å². The number of benzene rings is 1. The minimum absolute atomic E-state index is 0.155. The number of sulfonamides is 1. The fourth-order valence-corrected chi connectivity index (χ4v) is 2.61. The number of nitrogens with one attached hydrogen (secondary N) is 2. The van der Waals surface area contributed by atoms with Crippen molar-refractivity contribution in [3.8, 4) is 5.75 Å². The Morgan fingerprint density at radius 2 is 2.10 bits per heavy atom. The molecule has 20 heavy (non-hydrogen) atoms. The van der Waals surface area contributed by atoms with Crippen LogP contribution in [0.25, 0.3) is 0 Å². The van der Waals surface area contributed by atoms with Crippen molar-refractivity contribution in [2.75, 3.05) is 24.9 Å². The van der Waals surface area contributed by atoms with E-state index in [1.807, 2.05) is 6.92 Å². The lowest BCUT2D eigenvalue weighted by Gasteiger charge is -2.17. The topological polar surface area (TPSA) is 67.4 Å². The van der Waals surface area contributed by atoms with Gasteiger partial charge in [0.15, 0.2) is 0 Å².